The molecule has 1 N–H and O–H groups in total. The molecule has 0 spiro atoms. The van der Waals surface area contributed by atoms with Crippen LogP contribution < -0.4 is 0 Å². The van der Waals surface area contributed by atoms with E-state index in [-0.39, 0.29) is 6.61 Å². The van der Waals surface area contributed by atoms with Crippen LogP contribution in [0, 0.1) is 0 Å². The summed E-state index contributed by atoms with van der Waals surface area (Å²) in [5.41, 5.74) is 0.939. The van der Waals surface area contributed by atoms with Crippen LogP contribution in [-0.4, -0.2) is 10.1 Å². The van der Waals surface area contributed by atoms with Crippen molar-refractivity contribution in [1.82, 2.24) is 4.98 Å². The van der Waals surface area contributed by atoms with Gasteiger partial charge in [0.05, 0.1) is 6.61 Å². The van der Waals surface area contributed by atoms with E-state index in [0.717, 1.165) is 5.56 Å². The molecule has 0 bridgehead atoms. The normalized spacial score (nSPS) is 10.2. The molecule has 15 heavy (non-hydrogen) atoms. The Hall–Kier alpha value is -1.32. The SMILES string of the molecule is OCc1ccc(Sc2ccncc2)cc1. The van der Waals surface area contributed by atoms with Crippen LogP contribution in [0.1, 0.15) is 5.56 Å². The minimum atomic E-state index is 0.0974. The molecule has 1 aromatic carbocycles. The molecule has 0 unspecified atom stereocenters. The van der Waals surface area contributed by atoms with E-state index in [4.69, 9.17) is 5.11 Å². The summed E-state index contributed by atoms with van der Waals surface area (Å²) < 4.78 is 0. The lowest BCUT2D eigenvalue weighted by molar-refractivity contribution is 0.282. The monoisotopic (exact) mass is 217 g/mol. The van der Waals surface area contributed by atoms with Gasteiger partial charge in [0, 0.05) is 22.2 Å². The first-order chi connectivity index (χ1) is 7.38. The quantitative estimate of drug-likeness (QED) is 0.858. The summed E-state index contributed by atoms with van der Waals surface area (Å²) in [6.45, 7) is 0.0974. The lowest BCUT2D eigenvalue weighted by Crippen LogP contribution is -1.81. The van der Waals surface area contributed by atoms with E-state index in [0.29, 0.717) is 0 Å². The highest BCUT2D eigenvalue weighted by Crippen LogP contribution is 2.26. The summed E-state index contributed by atoms with van der Waals surface area (Å²) in [5, 5.41) is 8.90. The van der Waals surface area contributed by atoms with E-state index in [1.54, 1.807) is 24.2 Å². The first-order valence-corrected chi connectivity index (χ1v) is 5.48. The fourth-order valence-corrected chi connectivity index (χ4v) is 2.01. The average molecular weight is 217 g/mol. The zero-order valence-corrected chi connectivity index (χ0v) is 8.95. The minimum Gasteiger partial charge on any atom is -0.392 e. The van der Waals surface area contributed by atoms with Crippen LogP contribution in [0.5, 0.6) is 0 Å². The predicted molar refractivity (Wildman–Crippen MR) is 60.7 cm³/mol. The molecule has 0 amide bonds. The number of pyridine rings is 1. The van der Waals surface area contributed by atoms with Crippen LogP contribution in [0.4, 0.5) is 0 Å². The maximum atomic E-state index is 8.90. The molecule has 2 aromatic rings. The Labute approximate surface area is 93.0 Å². The molecule has 1 aromatic heterocycles. The molecule has 1 heterocycles. The van der Waals surface area contributed by atoms with Crippen molar-refractivity contribution >= 4 is 11.8 Å². The van der Waals surface area contributed by atoms with Crippen LogP contribution in [0.15, 0.2) is 58.6 Å². The number of aromatic nitrogens is 1. The number of benzene rings is 1. The molecular formula is C12H11NOS. The standard InChI is InChI=1S/C12H11NOS/c14-9-10-1-3-11(4-2-10)15-12-5-7-13-8-6-12/h1-8,14H,9H2. The van der Waals surface area contributed by atoms with Crippen LogP contribution in [0.25, 0.3) is 0 Å². The molecular weight excluding hydrogens is 206 g/mol. The zero-order chi connectivity index (χ0) is 10.5. The largest absolute Gasteiger partial charge is 0.392 e. The van der Waals surface area contributed by atoms with Crippen molar-refractivity contribution in [2.24, 2.45) is 0 Å². The van der Waals surface area contributed by atoms with Gasteiger partial charge in [0.2, 0.25) is 0 Å². The number of hydrogen-bond acceptors (Lipinski definition) is 3. The van der Waals surface area contributed by atoms with Crippen molar-refractivity contribution in [3.8, 4) is 0 Å². The Morgan fingerprint density at radius 2 is 1.53 bits per heavy atom. The number of hydrogen-bond donors (Lipinski definition) is 1. The molecule has 0 saturated heterocycles. The third kappa shape index (κ3) is 2.81. The van der Waals surface area contributed by atoms with E-state index in [1.807, 2.05) is 36.4 Å². The molecule has 0 aliphatic carbocycles. The van der Waals surface area contributed by atoms with E-state index in [9.17, 15) is 0 Å². The van der Waals surface area contributed by atoms with Crippen LogP contribution >= 0.6 is 11.8 Å². The second-order valence-corrected chi connectivity index (χ2v) is 4.23. The Kier molecular flexibility index (Phi) is 3.37. The molecule has 0 aliphatic rings. The summed E-state index contributed by atoms with van der Waals surface area (Å²) in [7, 11) is 0. The number of rotatable bonds is 3. The first-order valence-electron chi connectivity index (χ1n) is 4.66. The summed E-state index contributed by atoms with van der Waals surface area (Å²) in [6, 6.07) is 11.8. The highest BCUT2D eigenvalue weighted by Gasteiger charge is 1.96. The van der Waals surface area contributed by atoms with Gasteiger partial charge in [-0.1, -0.05) is 23.9 Å². The molecule has 3 heteroatoms. The van der Waals surface area contributed by atoms with Crippen molar-refractivity contribution in [3.05, 3.63) is 54.4 Å². The van der Waals surface area contributed by atoms with E-state index in [2.05, 4.69) is 4.98 Å². The Balaban J connectivity index is 2.11. The predicted octanol–water partition coefficient (Wildman–Crippen LogP) is 2.73. The van der Waals surface area contributed by atoms with Gasteiger partial charge < -0.3 is 5.11 Å². The van der Waals surface area contributed by atoms with Gasteiger partial charge in [-0.15, -0.1) is 0 Å². The van der Waals surface area contributed by atoms with Crippen molar-refractivity contribution in [2.45, 2.75) is 16.4 Å². The highest BCUT2D eigenvalue weighted by atomic mass is 32.2. The number of aliphatic hydroxyl groups is 1. The number of nitrogens with zero attached hydrogens (tertiary/aromatic N) is 1. The van der Waals surface area contributed by atoms with Gasteiger partial charge in [-0.3, -0.25) is 4.98 Å². The van der Waals surface area contributed by atoms with Gasteiger partial charge in [0.25, 0.3) is 0 Å². The lowest BCUT2D eigenvalue weighted by atomic mass is 10.2. The molecule has 2 rings (SSSR count). The molecule has 0 saturated carbocycles. The number of aliphatic hydroxyl groups excluding tert-OH is 1. The third-order valence-corrected chi connectivity index (χ3v) is 3.01. The summed E-state index contributed by atoms with van der Waals surface area (Å²) in [5.74, 6) is 0. The maximum Gasteiger partial charge on any atom is 0.0681 e. The van der Waals surface area contributed by atoms with Gasteiger partial charge in [0.1, 0.15) is 0 Å². The fourth-order valence-electron chi connectivity index (χ4n) is 1.21. The van der Waals surface area contributed by atoms with E-state index in [1.165, 1.54) is 9.79 Å². The second kappa shape index (κ2) is 4.96. The third-order valence-electron chi connectivity index (χ3n) is 1.99. The van der Waals surface area contributed by atoms with Gasteiger partial charge >= 0.3 is 0 Å². The van der Waals surface area contributed by atoms with Crippen LogP contribution in [-0.2, 0) is 6.61 Å². The fraction of sp³-hybridized carbons (Fsp3) is 0.0833. The summed E-state index contributed by atoms with van der Waals surface area (Å²) in [6.07, 6.45) is 3.56. The van der Waals surface area contributed by atoms with Crippen LogP contribution in [0.3, 0.4) is 0 Å². The minimum absolute atomic E-state index is 0.0974. The average Bonchev–Trinajstić information content (AvgIpc) is 2.31. The Bertz CT molecular complexity index is 413. The van der Waals surface area contributed by atoms with Gasteiger partial charge in [-0.05, 0) is 29.8 Å². The van der Waals surface area contributed by atoms with E-state index >= 15 is 0 Å². The van der Waals surface area contributed by atoms with Crippen molar-refractivity contribution in [3.63, 3.8) is 0 Å². The Morgan fingerprint density at radius 1 is 0.933 bits per heavy atom. The molecule has 0 atom stereocenters. The van der Waals surface area contributed by atoms with Gasteiger partial charge in [-0.25, -0.2) is 0 Å². The molecule has 0 aliphatic heterocycles. The maximum absolute atomic E-state index is 8.90. The molecule has 0 radical (unpaired) electrons. The van der Waals surface area contributed by atoms with Gasteiger partial charge in [0.15, 0.2) is 0 Å². The molecule has 76 valence electrons. The van der Waals surface area contributed by atoms with Crippen molar-refractivity contribution in [2.75, 3.05) is 0 Å². The van der Waals surface area contributed by atoms with Crippen molar-refractivity contribution < 1.29 is 5.11 Å². The zero-order valence-electron chi connectivity index (χ0n) is 8.13. The van der Waals surface area contributed by atoms with Gasteiger partial charge in [-0.2, -0.15) is 0 Å². The smallest absolute Gasteiger partial charge is 0.0681 e. The van der Waals surface area contributed by atoms with E-state index < -0.39 is 0 Å². The first kappa shape index (κ1) is 10.2. The second-order valence-electron chi connectivity index (χ2n) is 3.09. The lowest BCUT2D eigenvalue weighted by Gasteiger charge is -2.01. The summed E-state index contributed by atoms with van der Waals surface area (Å²) >= 11 is 1.69. The summed E-state index contributed by atoms with van der Waals surface area (Å²) in [4.78, 5) is 6.30. The van der Waals surface area contributed by atoms with Crippen molar-refractivity contribution in [1.29, 1.82) is 0 Å². The van der Waals surface area contributed by atoms with Crippen LogP contribution in [0.2, 0.25) is 0 Å². The molecule has 2 nitrogen and oxygen atoms in total. The highest BCUT2D eigenvalue weighted by molar-refractivity contribution is 7.99. The molecule has 0 fully saturated rings. The topological polar surface area (TPSA) is 33.1 Å². The Morgan fingerprint density at radius 3 is 2.13 bits per heavy atom.